The zero-order valence-electron chi connectivity index (χ0n) is 10.1. The molecule has 5 heteroatoms. The first-order valence-electron chi connectivity index (χ1n) is 5.09. The standard InChI is InChI=1S/C12H16O5/c1-15-9-5-4-8(11(7-9)16-2)6-10(13)12(14)17-3/h4-5,7,10,13H,6H2,1-3H3. The molecule has 0 saturated carbocycles. The summed E-state index contributed by atoms with van der Waals surface area (Å²) in [4.78, 5) is 11.1. The molecule has 1 rings (SSSR count). The Morgan fingerprint density at radius 3 is 2.53 bits per heavy atom. The number of methoxy groups -OCH3 is 3. The van der Waals surface area contributed by atoms with Crippen molar-refractivity contribution < 1.29 is 24.1 Å². The summed E-state index contributed by atoms with van der Waals surface area (Å²) < 4.78 is 14.7. The van der Waals surface area contributed by atoms with Crippen LogP contribution in [-0.2, 0) is 16.0 Å². The number of hydrogen-bond donors (Lipinski definition) is 1. The van der Waals surface area contributed by atoms with E-state index in [1.54, 1.807) is 25.3 Å². The molecule has 0 heterocycles. The van der Waals surface area contributed by atoms with Crippen LogP contribution in [0.1, 0.15) is 5.56 Å². The normalized spacial score (nSPS) is 11.8. The Morgan fingerprint density at radius 2 is 2.00 bits per heavy atom. The van der Waals surface area contributed by atoms with Crippen molar-refractivity contribution in [3.05, 3.63) is 23.8 Å². The van der Waals surface area contributed by atoms with Gasteiger partial charge in [0.1, 0.15) is 11.5 Å². The smallest absolute Gasteiger partial charge is 0.335 e. The number of ether oxygens (including phenoxy) is 3. The second-order valence-electron chi connectivity index (χ2n) is 3.42. The number of aliphatic hydroxyl groups excluding tert-OH is 1. The molecule has 0 spiro atoms. The molecule has 0 aliphatic rings. The molecule has 1 atom stereocenters. The summed E-state index contributed by atoms with van der Waals surface area (Å²) >= 11 is 0. The van der Waals surface area contributed by atoms with Crippen molar-refractivity contribution in [2.24, 2.45) is 0 Å². The average molecular weight is 240 g/mol. The lowest BCUT2D eigenvalue weighted by atomic mass is 10.1. The first-order valence-corrected chi connectivity index (χ1v) is 5.09. The number of aliphatic hydroxyl groups is 1. The van der Waals surface area contributed by atoms with Gasteiger partial charge in [0.15, 0.2) is 6.10 Å². The van der Waals surface area contributed by atoms with Crippen LogP contribution >= 0.6 is 0 Å². The fraction of sp³-hybridized carbons (Fsp3) is 0.417. The highest BCUT2D eigenvalue weighted by atomic mass is 16.5. The van der Waals surface area contributed by atoms with Gasteiger partial charge in [-0.1, -0.05) is 6.07 Å². The first-order chi connectivity index (χ1) is 8.12. The second kappa shape index (κ2) is 6.10. The summed E-state index contributed by atoms with van der Waals surface area (Å²) in [6.45, 7) is 0. The van der Waals surface area contributed by atoms with Crippen LogP contribution < -0.4 is 9.47 Å². The van der Waals surface area contributed by atoms with E-state index in [0.717, 1.165) is 0 Å². The third-order valence-electron chi connectivity index (χ3n) is 2.38. The van der Waals surface area contributed by atoms with Gasteiger partial charge in [0, 0.05) is 12.5 Å². The van der Waals surface area contributed by atoms with E-state index in [1.165, 1.54) is 14.2 Å². The quantitative estimate of drug-likeness (QED) is 0.770. The summed E-state index contributed by atoms with van der Waals surface area (Å²) in [6.07, 6.45) is -1.05. The van der Waals surface area contributed by atoms with E-state index >= 15 is 0 Å². The first kappa shape index (κ1) is 13.3. The summed E-state index contributed by atoms with van der Waals surface area (Å²) in [5.74, 6) is 0.549. The van der Waals surface area contributed by atoms with Gasteiger partial charge < -0.3 is 19.3 Å². The minimum atomic E-state index is -1.19. The lowest BCUT2D eigenvalue weighted by Crippen LogP contribution is -2.24. The van der Waals surface area contributed by atoms with Gasteiger partial charge in [-0.25, -0.2) is 4.79 Å². The van der Waals surface area contributed by atoms with Crippen molar-refractivity contribution in [1.82, 2.24) is 0 Å². The van der Waals surface area contributed by atoms with E-state index in [0.29, 0.717) is 17.1 Å². The molecule has 1 aromatic carbocycles. The maximum absolute atomic E-state index is 11.1. The Balaban J connectivity index is 2.87. The fourth-order valence-electron chi connectivity index (χ4n) is 1.45. The Bertz CT molecular complexity index is 388. The van der Waals surface area contributed by atoms with E-state index in [1.807, 2.05) is 0 Å². The van der Waals surface area contributed by atoms with Crippen molar-refractivity contribution in [2.75, 3.05) is 21.3 Å². The van der Waals surface area contributed by atoms with Gasteiger partial charge in [0.25, 0.3) is 0 Å². The number of carbonyl (C=O) groups excluding carboxylic acids is 1. The lowest BCUT2D eigenvalue weighted by Gasteiger charge is -2.12. The minimum Gasteiger partial charge on any atom is -0.497 e. The number of rotatable bonds is 5. The third kappa shape index (κ3) is 3.35. The molecule has 0 aliphatic heterocycles. The van der Waals surface area contributed by atoms with Crippen LogP contribution in [0, 0.1) is 0 Å². The SMILES string of the molecule is COC(=O)C(O)Cc1ccc(OC)cc1OC. The monoisotopic (exact) mass is 240 g/mol. The molecule has 1 aromatic rings. The lowest BCUT2D eigenvalue weighted by molar-refractivity contribution is -0.150. The number of esters is 1. The summed E-state index contributed by atoms with van der Waals surface area (Å²) in [7, 11) is 4.30. The predicted molar refractivity (Wildman–Crippen MR) is 61.3 cm³/mol. The second-order valence-corrected chi connectivity index (χ2v) is 3.42. The molecule has 0 aliphatic carbocycles. The van der Waals surface area contributed by atoms with Crippen LogP contribution in [0.3, 0.4) is 0 Å². The maximum atomic E-state index is 11.1. The van der Waals surface area contributed by atoms with Crippen LogP contribution in [0.25, 0.3) is 0 Å². The van der Waals surface area contributed by atoms with Crippen LogP contribution in [0.4, 0.5) is 0 Å². The van der Waals surface area contributed by atoms with Crippen LogP contribution in [0.2, 0.25) is 0 Å². The van der Waals surface area contributed by atoms with E-state index < -0.39 is 12.1 Å². The number of benzene rings is 1. The molecule has 17 heavy (non-hydrogen) atoms. The van der Waals surface area contributed by atoms with Crippen LogP contribution in [0.5, 0.6) is 11.5 Å². The molecule has 1 unspecified atom stereocenters. The largest absolute Gasteiger partial charge is 0.497 e. The van der Waals surface area contributed by atoms with Crippen molar-refractivity contribution in [3.63, 3.8) is 0 Å². The van der Waals surface area contributed by atoms with Crippen molar-refractivity contribution in [3.8, 4) is 11.5 Å². The van der Waals surface area contributed by atoms with Crippen LogP contribution in [-0.4, -0.2) is 38.5 Å². The Morgan fingerprint density at radius 1 is 1.29 bits per heavy atom. The zero-order chi connectivity index (χ0) is 12.8. The topological polar surface area (TPSA) is 65.0 Å². The number of carbonyl (C=O) groups is 1. The molecule has 1 N–H and O–H groups in total. The average Bonchev–Trinajstić information content (AvgIpc) is 2.37. The van der Waals surface area contributed by atoms with Crippen LogP contribution in [0.15, 0.2) is 18.2 Å². The molecular weight excluding hydrogens is 224 g/mol. The Kier molecular flexibility index (Phi) is 4.78. The van der Waals surface area contributed by atoms with Gasteiger partial charge in [0.2, 0.25) is 0 Å². The third-order valence-corrected chi connectivity index (χ3v) is 2.38. The Hall–Kier alpha value is -1.75. The summed E-state index contributed by atoms with van der Waals surface area (Å²) in [5.41, 5.74) is 0.714. The van der Waals surface area contributed by atoms with E-state index in [9.17, 15) is 9.90 Å². The number of hydrogen-bond acceptors (Lipinski definition) is 5. The van der Waals surface area contributed by atoms with Gasteiger partial charge in [-0.2, -0.15) is 0 Å². The summed E-state index contributed by atoms with van der Waals surface area (Å²) in [5, 5.41) is 9.56. The van der Waals surface area contributed by atoms with Gasteiger partial charge in [-0.15, -0.1) is 0 Å². The van der Waals surface area contributed by atoms with E-state index in [2.05, 4.69) is 4.74 Å². The minimum absolute atomic E-state index is 0.139. The highest BCUT2D eigenvalue weighted by Crippen LogP contribution is 2.25. The van der Waals surface area contributed by atoms with Gasteiger partial charge in [-0.3, -0.25) is 0 Å². The Labute approximate surface area is 99.9 Å². The predicted octanol–water partition coefficient (Wildman–Crippen LogP) is 0.780. The van der Waals surface area contributed by atoms with Gasteiger partial charge in [0.05, 0.1) is 21.3 Å². The van der Waals surface area contributed by atoms with Gasteiger partial charge >= 0.3 is 5.97 Å². The van der Waals surface area contributed by atoms with Crippen molar-refractivity contribution >= 4 is 5.97 Å². The van der Waals surface area contributed by atoms with Gasteiger partial charge in [-0.05, 0) is 11.6 Å². The molecule has 0 aromatic heterocycles. The molecule has 0 amide bonds. The van der Waals surface area contributed by atoms with Crippen molar-refractivity contribution in [1.29, 1.82) is 0 Å². The molecule has 0 bridgehead atoms. The van der Waals surface area contributed by atoms with E-state index in [-0.39, 0.29) is 6.42 Å². The highest BCUT2D eigenvalue weighted by Gasteiger charge is 2.18. The molecular formula is C12H16O5. The fourth-order valence-corrected chi connectivity index (χ4v) is 1.45. The molecule has 94 valence electrons. The molecule has 0 radical (unpaired) electrons. The molecule has 0 saturated heterocycles. The zero-order valence-corrected chi connectivity index (χ0v) is 10.1. The molecule has 5 nitrogen and oxygen atoms in total. The molecule has 0 fully saturated rings. The maximum Gasteiger partial charge on any atom is 0.335 e. The van der Waals surface area contributed by atoms with E-state index in [4.69, 9.17) is 9.47 Å². The highest BCUT2D eigenvalue weighted by molar-refractivity contribution is 5.74. The summed E-state index contributed by atoms with van der Waals surface area (Å²) in [6, 6.07) is 5.17. The van der Waals surface area contributed by atoms with Crippen molar-refractivity contribution in [2.45, 2.75) is 12.5 Å².